The molecule has 17 heavy (non-hydrogen) atoms. The summed E-state index contributed by atoms with van der Waals surface area (Å²) in [5, 5.41) is 0. The summed E-state index contributed by atoms with van der Waals surface area (Å²) in [4.78, 5) is 0. The Kier molecular flexibility index (Phi) is 2.93. The van der Waals surface area contributed by atoms with Gasteiger partial charge >= 0.3 is 0 Å². The molecule has 92 valence electrons. The van der Waals surface area contributed by atoms with Crippen LogP contribution in [0.3, 0.4) is 0 Å². The fourth-order valence-corrected chi connectivity index (χ4v) is 2.85. The molecule has 2 fully saturated rings. The molecule has 1 aliphatic heterocycles. The summed E-state index contributed by atoms with van der Waals surface area (Å²) in [6.45, 7) is 3.02. The van der Waals surface area contributed by atoms with Crippen LogP contribution in [0.4, 0.5) is 0 Å². The Hall–Kier alpha value is -0.860. The Bertz CT molecular complexity index is 366. The van der Waals surface area contributed by atoms with Crippen molar-refractivity contribution in [1.82, 2.24) is 0 Å². The first-order valence-corrected chi connectivity index (χ1v) is 6.64. The zero-order chi connectivity index (χ0) is 11.7. The van der Waals surface area contributed by atoms with Crippen LogP contribution in [0.5, 0.6) is 0 Å². The zero-order valence-corrected chi connectivity index (χ0v) is 10.4. The van der Waals surface area contributed by atoms with Gasteiger partial charge in [0.15, 0.2) is 5.79 Å². The first-order valence-electron chi connectivity index (χ1n) is 6.64. The lowest BCUT2D eigenvalue weighted by Gasteiger charge is -2.34. The van der Waals surface area contributed by atoms with Crippen molar-refractivity contribution >= 4 is 0 Å². The van der Waals surface area contributed by atoms with Crippen LogP contribution in [0.1, 0.15) is 44.3 Å². The van der Waals surface area contributed by atoms with E-state index in [-0.39, 0.29) is 11.9 Å². The standard InChI is InChI=1S/C15H20O2/c1-12-7-9-15(10-8-12)16-11-14(17-15)13-5-3-2-4-6-13/h2-6,12,14H,7-11H2,1H3/t12?,14-,15?/m1/s1. The maximum Gasteiger partial charge on any atom is 0.169 e. The number of hydrogen-bond donors (Lipinski definition) is 0. The second-order valence-corrected chi connectivity index (χ2v) is 5.42. The minimum atomic E-state index is -0.271. The third-order valence-electron chi connectivity index (χ3n) is 4.06. The Morgan fingerprint density at radius 3 is 2.53 bits per heavy atom. The monoisotopic (exact) mass is 232 g/mol. The number of ether oxygens (including phenoxy) is 2. The van der Waals surface area contributed by atoms with Crippen molar-refractivity contribution in [1.29, 1.82) is 0 Å². The number of benzene rings is 1. The van der Waals surface area contributed by atoms with Crippen molar-refractivity contribution in [3.63, 3.8) is 0 Å². The van der Waals surface area contributed by atoms with E-state index in [4.69, 9.17) is 9.47 Å². The minimum absolute atomic E-state index is 0.129. The van der Waals surface area contributed by atoms with Gasteiger partial charge in [-0.1, -0.05) is 37.3 Å². The molecule has 1 aromatic rings. The molecule has 1 aliphatic carbocycles. The topological polar surface area (TPSA) is 18.5 Å². The van der Waals surface area contributed by atoms with Crippen molar-refractivity contribution in [3.05, 3.63) is 35.9 Å². The van der Waals surface area contributed by atoms with Gasteiger partial charge in [0.1, 0.15) is 6.10 Å². The molecule has 2 aliphatic rings. The highest BCUT2D eigenvalue weighted by molar-refractivity contribution is 5.18. The first kappa shape index (κ1) is 11.2. The predicted molar refractivity (Wildman–Crippen MR) is 66.6 cm³/mol. The Labute approximate surface area is 103 Å². The molecule has 0 radical (unpaired) electrons. The van der Waals surface area contributed by atoms with Crippen molar-refractivity contribution in [2.45, 2.75) is 44.5 Å². The average Bonchev–Trinajstić information content (AvgIpc) is 2.79. The minimum Gasteiger partial charge on any atom is -0.347 e. The van der Waals surface area contributed by atoms with Gasteiger partial charge in [0.25, 0.3) is 0 Å². The first-order chi connectivity index (χ1) is 8.27. The lowest BCUT2D eigenvalue weighted by atomic mass is 9.86. The third-order valence-corrected chi connectivity index (χ3v) is 4.06. The summed E-state index contributed by atoms with van der Waals surface area (Å²) < 4.78 is 12.2. The highest BCUT2D eigenvalue weighted by Gasteiger charge is 2.43. The number of hydrogen-bond acceptors (Lipinski definition) is 2. The molecule has 0 aromatic heterocycles. The van der Waals surface area contributed by atoms with Gasteiger partial charge in [-0.15, -0.1) is 0 Å². The molecule has 1 atom stereocenters. The van der Waals surface area contributed by atoms with Crippen LogP contribution in [-0.4, -0.2) is 12.4 Å². The fraction of sp³-hybridized carbons (Fsp3) is 0.600. The maximum absolute atomic E-state index is 6.20. The molecule has 0 amide bonds. The van der Waals surface area contributed by atoms with Gasteiger partial charge < -0.3 is 9.47 Å². The SMILES string of the molecule is CC1CCC2(CC1)OC[C@H](c1ccccc1)O2. The van der Waals surface area contributed by atoms with Gasteiger partial charge in [-0.3, -0.25) is 0 Å². The quantitative estimate of drug-likeness (QED) is 0.735. The normalized spacial score (nSPS) is 37.5. The lowest BCUT2D eigenvalue weighted by molar-refractivity contribution is -0.192. The third kappa shape index (κ3) is 2.24. The summed E-state index contributed by atoms with van der Waals surface area (Å²) in [6, 6.07) is 10.4. The van der Waals surface area contributed by atoms with E-state index in [1.165, 1.54) is 18.4 Å². The van der Waals surface area contributed by atoms with Gasteiger partial charge in [-0.2, -0.15) is 0 Å². The predicted octanol–water partition coefficient (Wildman–Crippen LogP) is 3.68. The molecule has 1 saturated carbocycles. The molecule has 2 nitrogen and oxygen atoms in total. The largest absolute Gasteiger partial charge is 0.347 e. The molecule has 3 rings (SSSR count). The van der Waals surface area contributed by atoms with E-state index in [1.807, 2.05) is 6.07 Å². The summed E-state index contributed by atoms with van der Waals surface area (Å²) >= 11 is 0. The molecule has 0 N–H and O–H groups in total. The molecule has 0 bridgehead atoms. The smallest absolute Gasteiger partial charge is 0.169 e. The van der Waals surface area contributed by atoms with E-state index in [1.54, 1.807) is 0 Å². The van der Waals surface area contributed by atoms with Crippen molar-refractivity contribution < 1.29 is 9.47 Å². The van der Waals surface area contributed by atoms with Crippen LogP contribution in [0.25, 0.3) is 0 Å². The summed E-state index contributed by atoms with van der Waals surface area (Å²) in [5.74, 6) is 0.552. The molecular formula is C15H20O2. The average molecular weight is 232 g/mol. The molecular weight excluding hydrogens is 212 g/mol. The van der Waals surface area contributed by atoms with Gasteiger partial charge in [0.05, 0.1) is 6.61 Å². The van der Waals surface area contributed by atoms with E-state index < -0.39 is 0 Å². The van der Waals surface area contributed by atoms with Gasteiger partial charge in [0, 0.05) is 12.8 Å². The second kappa shape index (κ2) is 4.43. The summed E-state index contributed by atoms with van der Waals surface area (Å²) in [7, 11) is 0. The summed E-state index contributed by atoms with van der Waals surface area (Å²) in [6.07, 6.45) is 4.68. The fourth-order valence-electron chi connectivity index (χ4n) is 2.85. The second-order valence-electron chi connectivity index (χ2n) is 5.42. The van der Waals surface area contributed by atoms with Crippen LogP contribution in [0.15, 0.2) is 30.3 Å². The van der Waals surface area contributed by atoms with Crippen molar-refractivity contribution in [2.75, 3.05) is 6.61 Å². The Balaban J connectivity index is 1.70. The van der Waals surface area contributed by atoms with Crippen molar-refractivity contribution in [2.24, 2.45) is 5.92 Å². The number of rotatable bonds is 1. The molecule has 2 heteroatoms. The van der Waals surface area contributed by atoms with Gasteiger partial charge in [-0.25, -0.2) is 0 Å². The molecule has 1 saturated heterocycles. The summed E-state index contributed by atoms with van der Waals surface area (Å²) in [5.41, 5.74) is 1.24. The van der Waals surface area contributed by atoms with E-state index in [0.717, 1.165) is 18.8 Å². The molecule has 1 spiro atoms. The van der Waals surface area contributed by atoms with E-state index in [0.29, 0.717) is 6.61 Å². The molecule has 1 heterocycles. The highest BCUT2D eigenvalue weighted by Crippen LogP contribution is 2.43. The van der Waals surface area contributed by atoms with Crippen LogP contribution in [-0.2, 0) is 9.47 Å². The van der Waals surface area contributed by atoms with Gasteiger partial charge in [0.2, 0.25) is 0 Å². The lowest BCUT2D eigenvalue weighted by Crippen LogP contribution is -2.34. The van der Waals surface area contributed by atoms with Crippen molar-refractivity contribution in [3.8, 4) is 0 Å². The van der Waals surface area contributed by atoms with E-state index >= 15 is 0 Å². The Morgan fingerprint density at radius 1 is 1.12 bits per heavy atom. The zero-order valence-electron chi connectivity index (χ0n) is 10.4. The van der Waals surface area contributed by atoms with Crippen LogP contribution < -0.4 is 0 Å². The van der Waals surface area contributed by atoms with Crippen LogP contribution in [0, 0.1) is 5.92 Å². The van der Waals surface area contributed by atoms with E-state index in [9.17, 15) is 0 Å². The van der Waals surface area contributed by atoms with Gasteiger partial charge in [-0.05, 0) is 24.3 Å². The highest BCUT2D eigenvalue weighted by atomic mass is 16.7. The van der Waals surface area contributed by atoms with Crippen LogP contribution >= 0.6 is 0 Å². The van der Waals surface area contributed by atoms with Crippen LogP contribution in [0.2, 0.25) is 0 Å². The maximum atomic E-state index is 6.20. The Morgan fingerprint density at radius 2 is 1.82 bits per heavy atom. The molecule has 1 aromatic carbocycles. The van der Waals surface area contributed by atoms with E-state index in [2.05, 4.69) is 31.2 Å². The molecule has 0 unspecified atom stereocenters.